The lowest BCUT2D eigenvalue weighted by molar-refractivity contribution is 0.270. The molecule has 0 aromatic heterocycles. The van der Waals surface area contributed by atoms with Gasteiger partial charge in [-0.05, 0) is 38.6 Å². The van der Waals surface area contributed by atoms with E-state index >= 15 is 0 Å². The van der Waals surface area contributed by atoms with Crippen molar-refractivity contribution in [1.29, 1.82) is 0 Å². The summed E-state index contributed by atoms with van der Waals surface area (Å²) in [5.41, 5.74) is 1.71. The molecule has 1 atom stereocenters. The van der Waals surface area contributed by atoms with E-state index in [0.717, 1.165) is 30.8 Å². The molecule has 0 bridgehead atoms. The molecule has 0 heterocycles. The third kappa shape index (κ3) is 4.75. The maximum absolute atomic E-state index is 13.6. The molecule has 0 radical (unpaired) electrons. The van der Waals surface area contributed by atoms with Crippen LogP contribution in [-0.2, 0) is 6.54 Å². The van der Waals surface area contributed by atoms with Gasteiger partial charge >= 0.3 is 0 Å². The fourth-order valence-electron chi connectivity index (χ4n) is 2.01. The van der Waals surface area contributed by atoms with Crippen LogP contribution in [0.5, 0.6) is 0 Å². The molecule has 0 fully saturated rings. The monoisotopic (exact) mass is 252 g/mol. The molecule has 0 saturated carbocycles. The van der Waals surface area contributed by atoms with Crippen molar-refractivity contribution in [1.82, 2.24) is 10.2 Å². The summed E-state index contributed by atoms with van der Waals surface area (Å²) in [6.45, 7) is 12.1. The highest BCUT2D eigenvalue weighted by molar-refractivity contribution is 5.23. The number of benzene rings is 1. The summed E-state index contributed by atoms with van der Waals surface area (Å²) in [4.78, 5) is 2.36. The van der Waals surface area contributed by atoms with Crippen LogP contribution in [0, 0.1) is 12.7 Å². The highest BCUT2D eigenvalue weighted by atomic mass is 19.1. The molecule has 3 heteroatoms. The Morgan fingerprint density at radius 3 is 2.50 bits per heavy atom. The molecule has 1 unspecified atom stereocenters. The topological polar surface area (TPSA) is 15.3 Å². The maximum atomic E-state index is 13.6. The van der Waals surface area contributed by atoms with Gasteiger partial charge in [0.15, 0.2) is 0 Å². The SMILES string of the molecule is CCN(CC)CC(C)NCc1ccc(C)cc1F. The van der Waals surface area contributed by atoms with Gasteiger partial charge in [-0.25, -0.2) is 4.39 Å². The van der Waals surface area contributed by atoms with Crippen LogP contribution in [-0.4, -0.2) is 30.6 Å². The first-order valence-corrected chi connectivity index (χ1v) is 6.77. The third-order valence-corrected chi connectivity index (χ3v) is 3.28. The van der Waals surface area contributed by atoms with E-state index in [1.165, 1.54) is 0 Å². The number of hydrogen-bond donors (Lipinski definition) is 1. The molecular weight excluding hydrogens is 227 g/mol. The van der Waals surface area contributed by atoms with Gasteiger partial charge < -0.3 is 10.2 Å². The van der Waals surface area contributed by atoms with E-state index < -0.39 is 0 Å². The lowest BCUT2D eigenvalue weighted by atomic mass is 10.1. The zero-order chi connectivity index (χ0) is 13.5. The van der Waals surface area contributed by atoms with Gasteiger partial charge in [-0.15, -0.1) is 0 Å². The third-order valence-electron chi connectivity index (χ3n) is 3.28. The van der Waals surface area contributed by atoms with E-state index in [1.54, 1.807) is 6.07 Å². The maximum Gasteiger partial charge on any atom is 0.127 e. The summed E-state index contributed by atoms with van der Waals surface area (Å²) in [6, 6.07) is 5.77. The van der Waals surface area contributed by atoms with Crippen LogP contribution in [0.3, 0.4) is 0 Å². The molecule has 18 heavy (non-hydrogen) atoms. The van der Waals surface area contributed by atoms with E-state index in [-0.39, 0.29) is 5.82 Å². The Balaban J connectivity index is 2.44. The van der Waals surface area contributed by atoms with Gasteiger partial charge in [0.2, 0.25) is 0 Å². The summed E-state index contributed by atoms with van der Waals surface area (Å²) in [5, 5.41) is 3.38. The second-order valence-corrected chi connectivity index (χ2v) is 4.86. The van der Waals surface area contributed by atoms with Crippen molar-refractivity contribution in [2.45, 2.75) is 40.3 Å². The van der Waals surface area contributed by atoms with Crippen LogP contribution in [0.15, 0.2) is 18.2 Å². The summed E-state index contributed by atoms with van der Waals surface area (Å²) in [6.07, 6.45) is 0. The Bertz CT molecular complexity index is 362. The highest BCUT2D eigenvalue weighted by Gasteiger charge is 2.08. The number of rotatable bonds is 7. The molecule has 1 N–H and O–H groups in total. The van der Waals surface area contributed by atoms with Crippen molar-refractivity contribution in [2.75, 3.05) is 19.6 Å². The second kappa shape index (κ2) is 7.49. The first-order valence-electron chi connectivity index (χ1n) is 6.77. The second-order valence-electron chi connectivity index (χ2n) is 4.86. The molecule has 0 aliphatic carbocycles. The Kier molecular flexibility index (Phi) is 6.30. The lowest BCUT2D eigenvalue weighted by Gasteiger charge is -2.23. The number of hydrogen-bond acceptors (Lipinski definition) is 2. The molecule has 0 amide bonds. The predicted octanol–water partition coefficient (Wildman–Crippen LogP) is 2.95. The Morgan fingerprint density at radius 1 is 1.28 bits per heavy atom. The fourth-order valence-corrected chi connectivity index (χ4v) is 2.01. The van der Waals surface area contributed by atoms with Crippen LogP contribution in [0.1, 0.15) is 31.9 Å². The molecule has 0 spiro atoms. The van der Waals surface area contributed by atoms with E-state index in [0.29, 0.717) is 12.6 Å². The predicted molar refractivity (Wildman–Crippen MR) is 75.2 cm³/mol. The zero-order valence-electron chi connectivity index (χ0n) is 12.0. The quantitative estimate of drug-likeness (QED) is 0.802. The number of nitrogens with one attached hydrogen (secondary N) is 1. The summed E-state index contributed by atoms with van der Waals surface area (Å²) >= 11 is 0. The van der Waals surface area contributed by atoms with E-state index in [1.807, 2.05) is 19.1 Å². The first kappa shape index (κ1) is 15.1. The van der Waals surface area contributed by atoms with Gasteiger partial charge in [-0.1, -0.05) is 26.0 Å². The highest BCUT2D eigenvalue weighted by Crippen LogP contribution is 2.09. The van der Waals surface area contributed by atoms with Crippen molar-refractivity contribution in [3.8, 4) is 0 Å². The van der Waals surface area contributed by atoms with Crippen LogP contribution >= 0.6 is 0 Å². The molecule has 0 saturated heterocycles. The van der Waals surface area contributed by atoms with Crippen molar-refractivity contribution in [2.24, 2.45) is 0 Å². The first-order chi connectivity index (χ1) is 8.56. The van der Waals surface area contributed by atoms with Gasteiger partial charge in [0, 0.05) is 24.7 Å². The normalized spacial score (nSPS) is 13.0. The molecule has 0 aliphatic rings. The molecule has 102 valence electrons. The minimum atomic E-state index is -0.113. The Morgan fingerprint density at radius 2 is 1.94 bits per heavy atom. The van der Waals surface area contributed by atoms with Crippen LogP contribution in [0.25, 0.3) is 0 Å². The molecule has 0 aliphatic heterocycles. The fraction of sp³-hybridized carbons (Fsp3) is 0.600. The number of halogens is 1. The number of aryl methyl sites for hydroxylation is 1. The van der Waals surface area contributed by atoms with Crippen molar-refractivity contribution >= 4 is 0 Å². The lowest BCUT2D eigenvalue weighted by Crippen LogP contribution is -2.38. The smallest absolute Gasteiger partial charge is 0.127 e. The van der Waals surface area contributed by atoms with Gasteiger partial charge in [-0.3, -0.25) is 0 Å². The van der Waals surface area contributed by atoms with E-state index in [2.05, 4.69) is 31.0 Å². The molecule has 1 rings (SSSR count). The summed E-state index contributed by atoms with van der Waals surface area (Å²) in [5.74, 6) is -0.113. The molecular formula is C15H25FN2. The minimum Gasteiger partial charge on any atom is -0.309 e. The standard InChI is InChI=1S/C15H25FN2/c1-5-18(6-2)11-13(4)17-10-14-8-7-12(3)9-15(14)16/h7-9,13,17H,5-6,10-11H2,1-4H3. The minimum absolute atomic E-state index is 0.113. The van der Waals surface area contributed by atoms with Gasteiger partial charge in [-0.2, -0.15) is 0 Å². The number of likely N-dealkylation sites (N-methyl/N-ethyl adjacent to an activating group) is 1. The van der Waals surface area contributed by atoms with Gasteiger partial charge in [0.05, 0.1) is 0 Å². The Labute approximate surface area is 110 Å². The Hall–Kier alpha value is -0.930. The average Bonchev–Trinajstić information content (AvgIpc) is 2.35. The van der Waals surface area contributed by atoms with Crippen LogP contribution < -0.4 is 5.32 Å². The summed E-state index contributed by atoms with van der Waals surface area (Å²) < 4.78 is 13.6. The molecule has 1 aromatic rings. The van der Waals surface area contributed by atoms with Crippen molar-refractivity contribution in [3.63, 3.8) is 0 Å². The number of nitrogens with zero attached hydrogens (tertiary/aromatic N) is 1. The van der Waals surface area contributed by atoms with Gasteiger partial charge in [0.25, 0.3) is 0 Å². The van der Waals surface area contributed by atoms with Crippen molar-refractivity contribution in [3.05, 3.63) is 35.1 Å². The zero-order valence-corrected chi connectivity index (χ0v) is 12.0. The van der Waals surface area contributed by atoms with Crippen LogP contribution in [0.2, 0.25) is 0 Å². The molecule has 1 aromatic carbocycles. The summed E-state index contributed by atoms with van der Waals surface area (Å²) in [7, 11) is 0. The van der Waals surface area contributed by atoms with Crippen molar-refractivity contribution < 1.29 is 4.39 Å². The van der Waals surface area contributed by atoms with Crippen LogP contribution in [0.4, 0.5) is 4.39 Å². The van der Waals surface area contributed by atoms with E-state index in [9.17, 15) is 4.39 Å². The van der Waals surface area contributed by atoms with E-state index in [4.69, 9.17) is 0 Å². The average molecular weight is 252 g/mol. The molecule has 2 nitrogen and oxygen atoms in total. The van der Waals surface area contributed by atoms with Gasteiger partial charge in [0.1, 0.15) is 5.82 Å². The largest absolute Gasteiger partial charge is 0.309 e.